The van der Waals surface area contributed by atoms with Gasteiger partial charge in [0.05, 0.1) is 5.69 Å². The van der Waals surface area contributed by atoms with E-state index in [1.54, 1.807) is 37.3 Å². The van der Waals surface area contributed by atoms with E-state index in [1.807, 2.05) is 0 Å². The molecule has 2 aromatic rings. The zero-order valence-corrected chi connectivity index (χ0v) is 13.0. The number of benzene rings is 1. The summed E-state index contributed by atoms with van der Waals surface area (Å²) in [5.74, 6) is -0.248. The van der Waals surface area contributed by atoms with Gasteiger partial charge < -0.3 is 5.32 Å². The first kappa shape index (κ1) is 14.3. The second-order valence-electron chi connectivity index (χ2n) is 3.89. The van der Waals surface area contributed by atoms with Gasteiger partial charge in [-0.3, -0.25) is 4.79 Å². The molecule has 0 fully saturated rings. The van der Waals surface area contributed by atoms with Gasteiger partial charge in [0.15, 0.2) is 5.15 Å². The average molecular weight is 360 g/mol. The first-order valence-corrected chi connectivity index (χ1v) is 6.92. The fourth-order valence-corrected chi connectivity index (χ4v) is 2.38. The molecular weight excluding hydrogens is 351 g/mol. The zero-order valence-electron chi connectivity index (χ0n) is 9.88. The van der Waals surface area contributed by atoms with Crippen LogP contribution in [0.2, 0.25) is 10.3 Å². The molecule has 0 aliphatic carbocycles. The van der Waals surface area contributed by atoms with Crippen molar-refractivity contribution in [3.63, 3.8) is 0 Å². The number of anilines is 1. The van der Waals surface area contributed by atoms with Gasteiger partial charge in [-0.1, -0.05) is 39.1 Å². The molecule has 0 bridgehead atoms. The molecule has 98 valence electrons. The van der Waals surface area contributed by atoms with Crippen LogP contribution in [0.3, 0.4) is 0 Å². The maximum absolute atomic E-state index is 12.1. The number of carbonyl (C=O) groups is 1. The second-order valence-corrected chi connectivity index (χ2v) is 5.55. The van der Waals surface area contributed by atoms with Crippen LogP contribution in [0.5, 0.6) is 0 Å². The minimum atomic E-state index is -0.248. The van der Waals surface area contributed by atoms with E-state index >= 15 is 0 Å². The maximum atomic E-state index is 12.1. The Labute approximate surface area is 129 Å². The Kier molecular flexibility index (Phi) is 4.45. The van der Waals surface area contributed by atoms with Crippen molar-refractivity contribution in [3.8, 4) is 0 Å². The number of carbonyl (C=O) groups excluding carboxylic acids is 1. The van der Waals surface area contributed by atoms with Gasteiger partial charge in [-0.05, 0) is 42.8 Å². The number of hydrogen-bond donors (Lipinski definition) is 1. The summed E-state index contributed by atoms with van der Waals surface area (Å²) in [5.41, 5.74) is 1.77. The highest BCUT2D eigenvalue weighted by atomic mass is 79.9. The summed E-state index contributed by atoms with van der Waals surface area (Å²) in [6.45, 7) is 1.80. The molecule has 1 aromatic carbocycles. The third-order valence-corrected chi connectivity index (χ3v) is 3.48. The van der Waals surface area contributed by atoms with E-state index in [1.165, 1.54) is 0 Å². The van der Waals surface area contributed by atoms with Gasteiger partial charge in [-0.15, -0.1) is 0 Å². The zero-order chi connectivity index (χ0) is 14.0. The standard InChI is InChI=1S/C13H9BrCl2N2O/c1-7-6-10(15)17-12(16)11(7)18-13(19)8-2-4-9(14)5-3-8/h2-6H,1H3,(H,18,19). The Morgan fingerprint density at radius 1 is 1.26 bits per heavy atom. The largest absolute Gasteiger partial charge is 0.319 e. The van der Waals surface area contributed by atoms with Crippen LogP contribution < -0.4 is 5.32 Å². The van der Waals surface area contributed by atoms with Crippen molar-refractivity contribution in [2.45, 2.75) is 6.92 Å². The van der Waals surface area contributed by atoms with Gasteiger partial charge in [-0.2, -0.15) is 0 Å². The summed E-state index contributed by atoms with van der Waals surface area (Å²) in [7, 11) is 0. The van der Waals surface area contributed by atoms with Crippen molar-refractivity contribution < 1.29 is 4.79 Å². The molecule has 1 amide bonds. The third kappa shape index (κ3) is 3.47. The molecule has 0 radical (unpaired) electrons. The molecule has 0 saturated heterocycles. The molecular formula is C13H9BrCl2N2O. The van der Waals surface area contributed by atoms with Crippen molar-refractivity contribution in [3.05, 3.63) is 56.2 Å². The SMILES string of the molecule is Cc1cc(Cl)nc(Cl)c1NC(=O)c1ccc(Br)cc1. The third-order valence-electron chi connectivity index (χ3n) is 2.49. The Bertz CT molecular complexity index is 606. The van der Waals surface area contributed by atoms with Gasteiger partial charge >= 0.3 is 0 Å². The first-order chi connectivity index (χ1) is 8.97. The number of rotatable bonds is 2. The minimum absolute atomic E-state index is 0.176. The lowest BCUT2D eigenvalue weighted by Gasteiger charge is -2.10. The van der Waals surface area contributed by atoms with Crippen LogP contribution in [-0.4, -0.2) is 10.9 Å². The van der Waals surface area contributed by atoms with E-state index in [-0.39, 0.29) is 11.1 Å². The van der Waals surface area contributed by atoms with E-state index in [9.17, 15) is 4.79 Å². The molecule has 0 aliphatic rings. The number of nitrogens with one attached hydrogen (secondary N) is 1. The molecule has 6 heteroatoms. The molecule has 1 heterocycles. The van der Waals surface area contributed by atoms with E-state index in [0.29, 0.717) is 16.4 Å². The number of halogens is 3. The van der Waals surface area contributed by atoms with Crippen molar-refractivity contribution >= 4 is 50.7 Å². The number of aryl methyl sites for hydroxylation is 1. The predicted octanol–water partition coefficient (Wildman–Crippen LogP) is 4.71. The molecule has 2 rings (SSSR count). The summed E-state index contributed by atoms with van der Waals surface area (Å²) in [6, 6.07) is 8.66. The van der Waals surface area contributed by atoms with Crippen LogP contribution in [-0.2, 0) is 0 Å². The average Bonchev–Trinajstić information content (AvgIpc) is 2.34. The van der Waals surface area contributed by atoms with Crippen molar-refractivity contribution in [2.75, 3.05) is 5.32 Å². The maximum Gasteiger partial charge on any atom is 0.255 e. The van der Waals surface area contributed by atoms with Crippen LogP contribution in [0.4, 0.5) is 5.69 Å². The van der Waals surface area contributed by atoms with Gasteiger partial charge in [0.25, 0.3) is 5.91 Å². The van der Waals surface area contributed by atoms with Crippen molar-refractivity contribution in [1.29, 1.82) is 0 Å². The fraction of sp³-hybridized carbons (Fsp3) is 0.0769. The van der Waals surface area contributed by atoms with Gasteiger partial charge in [0.2, 0.25) is 0 Å². The van der Waals surface area contributed by atoms with Crippen molar-refractivity contribution in [1.82, 2.24) is 4.98 Å². The molecule has 3 nitrogen and oxygen atoms in total. The minimum Gasteiger partial charge on any atom is -0.319 e. The summed E-state index contributed by atoms with van der Waals surface area (Å²) < 4.78 is 0.909. The molecule has 19 heavy (non-hydrogen) atoms. The number of hydrogen-bond acceptors (Lipinski definition) is 2. The highest BCUT2D eigenvalue weighted by molar-refractivity contribution is 9.10. The van der Waals surface area contributed by atoms with Gasteiger partial charge in [0.1, 0.15) is 5.15 Å². The number of pyridine rings is 1. The highest BCUT2D eigenvalue weighted by Gasteiger charge is 2.12. The van der Waals surface area contributed by atoms with E-state index in [2.05, 4.69) is 26.2 Å². The molecule has 1 aromatic heterocycles. The summed E-state index contributed by atoms with van der Waals surface area (Å²) in [6.07, 6.45) is 0. The summed E-state index contributed by atoms with van der Waals surface area (Å²) >= 11 is 15.1. The van der Waals surface area contributed by atoms with E-state index < -0.39 is 0 Å². The topological polar surface area (TPSA) is 42.0 Å². The molecule has 1 N–H and O–H groups in total. The molecule has 0 atom stereocenters. The Balaban J connectivity index is 2.26. The van der Waals surface area contributed by atoms with E-state index in [0.717, 1.165) is 10.0 Å². The van der Waals surface area contributed by atoms with Crippen molar-refractivity contribution in [2.24, 2.45) is 0 Å². The van der Waals surface area contributed by atoms with Gasteiger partial charge in [0, 0.05) is 10.0 Å². The Morgan fingerprint density at radius 2 is 1.89 bits per heavy atom. The van der Waals surface area contributed by atoms with Crippen LogP contribution >= 0.6 is 39.1 Å². The van der Waals surface area contributed by atoms with Gasteiger partial charge in [-0.25, -0.2) is 4.98 Å². The monoisotopic (exact) mass is 358 g/mol. The fourth-order valence-electron chi connectivity index (χ4n) is 1.53. The number of amides is 1. The normalized spacial score (nSPS) is 10.3. The lowest BCUT2D eigenvalue weighted by molar-refractivity contribution is 0.102. The lowest BCUT2D eigenvalue weighted by Crippen LogP contribution is -2.13. The lowest BCUT2D eigenvalue weighted by atomic mass is 10.2. The second kappa shape index (κ2) is 5.90. The van der Waals surface area contributed by atoms with E-state index in [4.69, 9.17) is 23.2 Å². The van der Waals surface area contributed by atoms with Crippen LogP contribution in [0.25, 0.3) is 0 Å². The molecule has 0 spiro atoms. The summed E-state index contributed by atoms with van der Waals surface area (Å²) in [5, 5.41) is 3.21. The summed E-state index contributed by atoms with van der Waals surface area (Å²) in [4.78, 5) is 16.0. The van der Waals surface area contributed by atoms with Crippen LogP contribution in [0, 0.1) is 6.92 Å². The van der Waals surface area contributed by atoms with Crippen LogP contribution in [0.15, 0.2) is 34.8 Å². The molecule has 0 unspecified atom stereocenters. The Morgan fingerprint density at radius 3 is 2.47 bits per heavy atom. The number of nitrogens with zero attached hydrogens (tertiary/aromatic N) is 1. The Hall–Kier alpha value is -1.10. The first-order valence-electron chi connectivity index (χ1n) is 5.37. The number of aromatic nitrogens is 1. The van der Waals surface area contributed by atoms with Crippen LogP contribution in [0.1, 0.15) is 15.9 Å². The molecule has 0 saturated carbocycles. The highest BCUT2D eigenvalue weighted by Crippen LogP contribution is 2.27. The smallest absolute Gasteiger partial charge is 0.255 e. The molecule has 0 aliphatic heterocycles. The quantitative estimate of drug-likeness (QED) is 0.789. The predicted molar refractivity (Wildman–Crippen MR) is 81.1 cm³/mol.